The second-order valence-corrected chi connectivity index (χ2v) is 6.22. The molecule has 0 aromatic heterocycles. The first kappa shape index (κ1) is 16.0. The Labute approximate surface area is 104 Å². The smallest absolute Gasteiger partial charge is 0.0388 e. The first-order valence-electron chi connectivity index (χ1n) is 7.51. The summed E-state index contributed by atoms with van der Waals surface area (Å²) in [4.78, 5) is 0. The Bertz CT molecular complexity index is 148. The lowest BCUT2D eigenvalue weighted by Crippen LogP contribution is -2.14. The summed E-state index contributed by atoms with van der Waals surface area (Å²) in [5.41, 5.74) is 0. The molecule has 0 heterocycles. The Hall–Kier alpha value is 0. The number of rotatable bonds is 9. The zero-order valence-electron chi connectivity index (χ0n) is 12.6. The molecular weight excluding hydrogens is 192 g/mol. The lowest BCUT2D eigenvalue weighted by Gasteiger charge is -2.25. The van der Waals surface area contributed by atoms with Gasteiger partial charge >= 0.3 is 0 Å². The van der Waals surface area contributed by atoms with Crippen LogP contribution in [0.5, 0.6) is 0 Å². The standard InChI is InChI=1S/C16H34/c1-7-9-15(6)12-16(13(3)4)11-10-14(5)8-2/h13-16H,7-12H2,1-6H3. The van der Waals surface area contributed by atoms with E-state index in [0.717, 1.165) is 23.7 Å². The maximum atomic E-state index is 2.43. The molecule has 0 N–H and O–H groups in total. The first-order valence-corrected chi connectivity index (χ1v) is 7.51. The minimum atomic E-state index is 0.864. The maximum absolute atomic E-state index is 2.43. The van der Waals surface area contributed by atoms with Crippen LogP contribution in [-0.4, -0.2) is 0 Å². The van der Waals surface area contributed by atoms with E-state index in [9.17, 15) is 0 Å². The number of hydrogen-bond acceptors (Lipinski definition) is 0. The SMILES string of the molecule is CCCC(C)CC(CCC(C)CC)C(C)C. The van der Waals surface area contributed by atoms with Gasteiger partial charge in [0.05, 0.1) is 0 Å². The molecule has 98 valence electrons. The second kappa shape index (κ2) is 9.07. The van der Waals surface area contributed by atoms with Crippen molar-refractivity contribution in [3.8, 4) is 0 Å². The van der Waals surface area contributed by atoms with Crippen LogP contribution < -0.4 is 0 Å². The summed E-state index contributed by atoms with van der Waals surface area (Å²) in [6, 6.07) is 0. The van der Waals surface area contributed by atoms with Gasteiger partial charge in [0.1, 0.15) is 0 Å². The quantitative estimate of drug-likeness (QED) is 0.458. The molecule has 0 radical (unpaired) electrons. The largest absolute Gasteiger partial charge is 0.0654 e. The molecule has 0 aliphatic heterocycles. The third-order valence-electron chi connectivity index (χ3n) is 4.16. The summed E-state index contributed by atoms with van der Waals surface area (Å²) in [5.74, 6) is 3.66. The zero-order chi connectivity index (χ0) is 12.6. The lowest BCUT2D eigenvalue weighted by molar-refractivity contribution is 0.262. The van der Waals surface area contributed by atoms with E-state index in [2.05, 4.69) is 41.5 Å². The van der Waals surface area contributed by atoms with E-state index in [4.69, 9.17) is 0 Å². The lowest BCUT2D eigenvalue weighted by atomic mass is 9.81. The Morgan fingerprint density at radius 1 is 0.750 bits per heavy atom. The Kier molecular flexibility index (Phi) is 9.07. The summed E-state index contributed by atoms with van der Waals surface area (Å²) >= 11 is 0. The van der Waals surface area contributed by atoms with Crippen LogP contribution in [0, 0.1) is 23.7 Å². The molecule has 0 aromatic carbocycles. The van der Waals surface area contributed by atoms with E-state index in [1.165, 1.54) is 38.5 Å². The van der Waals surface area contributed by atoms with Crippen molar-refractivity contribution in [1.82, 2.24) is 0 Å². The molecule has 0 nitrogen and oxygen atoms in total. The molecule has 0 spiro atoms. The summed E-state index contributed by atoms with van der Waals surface area (Å²) in [7, 11) is 0. The maximum Gasteiger partial charge on any atom is -0.0388 e. The second-order valence-electron chi connectivity index (χ2n) is 6.22. The molecular formula is C16H34. The van der Waals surface area contributed by atoms with Gasteiger partial charge in [0, 0.05) is 0 Å². The third kappa shape index (κ3) is 7.30. The monoisotopic (exact) mass is 226 g/mol. The van der Waals surface area contributed by atoms with Gasteiger partial charge in [0.15, 0.2) is 0 Å². The highest BCUT2D eigenvalue weighted by atomic mass is 14.2. The van der Waals surface area contributed by atoms with Gasteiger partial charge < -0.3 is 0 Å². The van der Waals surface area contributed by atoms with Crippen LogP contribution in [0.3, 0.4) is 0 Å². The van der Waals surface area contributed by atoms with E-state index in [1.54, 1.807) is 0 Å². The molecule has 0 aliphatic carbocycles. The van der Waals surface area contributed by atoms with E-state index >= 15 is 0 Å². The molecule has 0 bridgehead atoms. The summed E-state index contributed by atoms with van der Waals surface area (Å²) < 4.78 is 0. The van der Waals surface area contributed by atoms with Gasteiger partial charge in [-0.2, -0.15) is 0 Å². The van der Waals surface area contributed by atoms with Crippen LogP contribution in [0.4, 0.5) is 0 Å². The average molecular weight is 226 g/mol. The Morgan fingerprint density at radius 2 is 1.38 bits per heavy atom. The minimum absolute atomic E-state index is 0.864. The normalized spacial score (nSPS) is 17.4. The van der Waals surface area contributed by atoms with Gasteiger partial charge in [-0.1, -0.05) is 67.2 Å². The van der Waals surface area contributed by atoms with Crippen molar-refractivity contribution in [2.75, 3.05) is 0 Å². The van der Waals surface area contributed by atoms with Crippen molar-refractivity contribution in [3.05, 3.63) is 0 Å². The van der Waals surface area contributed by atoms with Crippen molar-refractivity contribution in [3.63, 3.8) is 0 Å². The van der Waals surface area contributed by atoms with Gasteiger partial charge in [-0.05, 0) is 36.5 Å². The molecule has 3 atom stereocenters. The van der Waals surface area contributed by atoms with E-state index in [-0.39, 0.29) is 0 Å². The molecule has 0 saturated carbocycles. The topological polar surface area (TPSA) is 0 Å². The third-order valence-corrected chi connectivity index (χ3v) is 4.16. The first-order chi connectivity index (χ1) is 7.51. The van der Waals surface area contributed by atoms with Crippen molar-refractivity contribution >= 4 is 0 Å². The van der Waals surface area contributed by atoms with Gasteiger partial charge in [-0.15, -0.1) is 0 Å². The molecule has 0 amide bonds. The highest BCUT2D eigenvalue weighted by molar-refractivity contribution is 4.68. The fraction of sp³-hybridized carbons (Fsp3) is 1.00. The predicted octanol–water partition coefficient (Wildman–Crippen LogP) is 5.91. The van der Waals surface area contributed by atoms with Crippen LogP contribution in [0.2, 0.25) is 0 Å². The highest BCUT2D eigenvalue weighted by Crippen LogP contribution is 2.28. The molecule has 16 heavy (non-hydrogen) atoms. The van der Waals surface area contributed by atoms with Gasteiger partial charge in [-0.25, -0.2) is 0 Å². The molecule has 3 unspecified atom stereocenters. The minimum Gasteiger partial charge on any atom is -0.0654 e. The van der Waals surface area contributed by atoms with Gasteiger partial charge in [0.25, 0.3) is 0 Å². The summed E-state index contributed by atoms with van der Waals surface area (Å²) in [6.45, 7) is 14.3. The van der Waals surface area contributed by atoms with Crippen LogP contribution >= 0.6 is 0 Å². The average Bonchev–Trinajstić information content (AvgIpc) is 2.23. The van der Waals surface area contributed by atoms with E-state index in [0.29, 0.717) is 0 Å². The fourth-order valence-corrected chi connectivity index (χ4v) is 2.55. The van der Waals surface area contributed by atoms with Crippen LogP contribution in [0.1, 0.15) is 80.1 Å². The number of hydrogen-bond donors (Lipinski definition) is 0. The molecule has 0 saturated heterocycles. The van der Waals surface area contributed by atoms with Crippen molar-refractivity contribution in [2.45, 2.75) is 80.1 Å². The Balaban J connectivity index is 3.97. The predicted molar refractivity (Wildman–Crippen MR) is 75.7 cm³/mol. The van der Waals surface area contributed by atoms with Gasteiger partial charge in [-0.3, -0.25) is 0 Å². The Morgan fingerprint density at radius 3 is 1.81 bits per heavy atom. The fourth-order valence-electron chi connectivity index (χ4n) is 2.55. The zero-order valence-corrected chi connectivity index (χ0v) is 12.6. The highest BCUT2D eigenvalue weighted by Gasteiger charge is 2.17. The van der Waals surface area contributed by atoms with Crippen molar-refractivity contribution < 1.29 is 0 Å². The molecule has 0 aliphatic rings. The van der Waals surface area contributed by atoms with E-state index < -0.39 is 0 Å². The van der Waals surface area contributed by atoms with Crippen molar-refractivity contribution in [1.29, 1.82) is 0 Å². The van der Waals surface area contributed by atoms with Crippen LogP contribution in [-0.2, 0) is 0 Å². The van der Waals surface area contributed by atoms with E-state index in [1.807, 2.05) is 0 Å². The molecule has 0 fully saturated rings. The van der Waals surface area contributed by atoms with Gasteiger partial charge in [0.2, 0.25) is 0 Å². The summed E-state index contributed by atoms with van der Waals surface area (Å²) in [6.07, 6.45) is 8.42. The van der Waals surface area contributed by atoms with Crippen molar-refractivity contribution in [2.24, 2.45) is 23.7 Å². The summed E-state index contributed by atoms with van der Waals surface area (Å²) in [5, 5.41) is 0. The van der Waals surface area contributed by atoms with Crippen LogP contribution in [0.15, 0.2) is 0 Å². The molecule has 0 aromatic rings. The molecule has 0 rings (SSSR count). The van der Waals surface area contributed by atoms with Crippen LogP contribution in [0.25, 0.3) is 0 Å². The molecule has 0 heteroatoms.